The lowest BCUT2D eigenvalue weighted by atomic mass is 10.0. The number of piperidine rings is 1. The number of aryl methyl sites for hydroxylation is 1. The zero-order valence-electron chi connectivity index (χ0n) is 26.5. The summed E-state index contributed by atoms with van der Waals surface area (Å²) in [5, 5.41) is 11.0. The number of fused-ring (bicyclic) bond motifs is 1. The van der Waals surface area contributed by atoms with E-state index in [2.05, 4.69) is 77.4 Å². The van der Waals surface area contributed by atoms with Crippen LogP contribution >= 0.6 is 23.1 Å². The van der Waals surface area contributed by atoms with Gasteiger partial charge in [-0.1, -0.05) is 0 Å². The normalized spacial score (nSPS) is 18.1. The second-order valence-corrected chi connectivity index (χ2v) is 16.0. The molecule has 0 radical (unpaired) electrons. The SMILES string of the molecule is CCO[C@@H]1CCN(C2CCN(c3cc(OC)c(Nc4ncc(Br)c(Nc5ccc6ncnn6c5P(C)(C)=O)n4)cc3C)CC2)C1. The van der Waals surface area contributed by atoms with Crippen molar-refractivity contribution in [2.45, 2.75) is 45.3 Å². The van der Waals surface area contributed by atoms with E-state index in [1.54, 1.807) is 31.2 Å². The first kappa shape index (κ1) is 31.7. The fourth-order valence-corrected chi connectivity index (χ4v) is 8.08. The Bertz CT molecular complexity index is 1720. The van der Waals surface area contributed by atoms with E-state index in [1.807, 2.05) is 12.1 Å². The molecule has 2 saturated heterocycles. The minimum Gasteiger partial charge on any atom is -0.494 e. The first-order valence-corrected chi connectivity index (χ1v) is 18.8. The molecule has 12 nitrogen and oxygen atoms in total. The van der Waals surface area contributed by atoms with Crippen LogP contribution in [0.15, 0.2) is 41.3 Å². The summed E-state index contributed by atoms with van der Waals surface area (Å²) < 4.78 is 27.3. The predicted molar refractivity (Wildman–Crippen MR) is 183 cm³/mol. The van der Waals surface area contributed by atoms with Gasteiger partial charge >= 0.3 is 0 Å². The summed E-state index contributed by atoms with van der Waals surface area (Å²) in [5.41, 5.74) is 4.93. The van der Waals surface area contributed by atoms with Gasteiger partial charge in [-0.2, -0.15) is 10.1 Å². The number of likely N-dealkylation sites (tertiary alicyclic amines) is 1. The molecule has 0 aliphatic carbocycles. The molecule has 1 aromatic carbocycles. The number of aromatic nitrogens is 5. The van der Waals surface area contributed by atoms with Crippen LogP contribution in [-0.4, -0.2) is 94.8 Å². The van der Waals surface area contributed by atoms with Crippen LogP contribution in [0.2, 0.25) is 0 Å². The third-order valence-electron chi connectivity index (χ3n) is 8.59. The van der Waals surface area contributed by atoms with Gasteiger partial charge in [0.05, 0.1) is 29.1 Å². The van der Waals surface area contributed by atoms with Crippen LogP contribution < -0.4 is 25.7 Å². The minimum atomic E-state index is -2.74. The van der Waals surface area contributed by atoms with Crippen LogP contribution in [0.25, 0.3) is 5.65 Å². The molecule has 2 aliphatic rings. The number of ether oxygens (including phenoxy) is 2. The summed E-state index contributed by atoms with van der Waals surface area (Å²) in [5.74, 6) is 1.62. The number of anilines is 5. The summed E-state index contributed by atoms with van der Waals surface area (Å²) in [6, 6.07) is 8.48. The Balaban J connectivity index is 1.18. The topological polar surface area (TPSA) is 122 Å². The van der Waals surface area contributed by atoms with Crippen molar-refractivity contribution in [3.63, 3.8) is 0 Å². The largest absolute Gasteiger partial charge is 0.494 e. The number of methoxy groups -OCH3 is 1. The third-order valence-corrected chi connectivity index (χ3v) is 10.6. The summed E-state index contributed by atoms with van der Waals surface area (Å²) >= 11 is 3.56. The van der Waals surface area contributed by atoms with Crippen LogP contribution in [0, 0.1) is 6.92 Å². The molecule has 45 heavy (non-hydrogen) atoms. The molecule has 1 atom stereocenters. The van der Waals surface area contributed by atoms with Crippen molar-refractivity contribution < 1.29 is 14.0 Å². The van der Waals surface area contributed by atoms with Crippen molar-refractivity contribution in [3.05, 3.63) is 46.8 Å². The molecule has 0 amide bonds. The third kappa shape index (κ3) is 6.82. The highest BCUT2D eigenvalue weighted by molar-refractivity contribution is 9.10. The van der Waals surface area contributed by atoms with E-state index < -0.39 is 7.14 Å². The summed E-state index contributed by atoms with van der Waals surface area (Å²) in [4.78, 5) is 18.6. The van der Waals surface area contributed by atoms with Crippen LogP contribution in [0.3, 0.4) is 0 Å². The maximum absolute atomic E-state index is 13.3. The molecule has 2 fully saturated rings. The first-order valence-electron chi connectivity index (χ1n) is 15.4. The van der Waals surface area contributed by atoms with Gasteiger partial charge in [0.2, 0.25) is 5.95 Å². The lowest BCUT2D eigenvalue weighted by molar-refractivity contribution is 0.0626. The Kier molecular flexibility index (Phi) is 9.33. The van der Waals surface area contributed by atoms with Crippen LogP contribution in [0.5, 0.6) is 5.75 Å². The van der Waals surface area contributed by atoms with Crippen LogP contribution in [0.1, 0.15) is 31.7 Å². The van der Waals surface area contributed by atoms with E-state index in [4.69, 9.17) is 14.5 Å². The van der Waals surface area contributed by atoms with Crippen molar-refractivity contribution in [2.24, 2.45) is 0 Å². The van der Waals surface area contributed by atoms with E-state index in [-0.39, 0.29) is 0 Å². The van der Waals surface area contributed by atoms with Gasteiger partial charge in [0.15, 0.2) is 5.65 Å². The summed E-state index contributed by atoms with van der Waals surface area (Å²) in [6.45, 7) is 12.6. The smallest absolute Gasteiger partial charge is 0.229 e. The zero-order valence-corrected chi connectivity index (χ0v) is 28.9. The summed E-state index contributed by atoms with van der Waals surface area (Å²) in [6.07, 6.45) is 6.93. The standard InChI is InChI=1S/C31H41BrN9O3P/c1-6-44-22-11-14-40(18-22)21-9-12-39(13-10-21)26-16-27(43-3)25(15-20(26)2)37-31-33-17-23(32)29(38-31)36-24-7-8-28-34-19-35-41(28)30(24)45(4,5)42/h7-8,15-17,19,21-22H,6,9-14,18H2,1-5H3,(H2,33,36,37,38)/t22-/m1/s1. The fraction of sp³-hybridized carbons (Fsp3) is 0.484. The molecule has 0 spiro atoms. The first-order chi connectivity index (χ1) is 21.6. The van der Waals surface area contributed by atoms with E-state index in [1.165, 1.54) is 12.0 Å². The molecule has 0 bridgehead atoms. The van der Waals surface area contributed by atoms with Gasteiger partial charge in [0.1, 0.15) is 30.5 Å². The Morgan fingerprint density at radius 2 is 1.87 bits per heavy atom. The van der Waals surface area contributed by atoms with Crippen LogP contribution in [-0.2, 0) is 9.30 Å². The number of rotatable bonds is 10. The molecular formula is C31H41BrN9O3P. The number of halogens is 1. The Labute approximate surface area is 272 Å². The van der Waals surface area contributed by atoms with Gasteiger partial charge < -0.3 is 29.6 Å². The second-order valence-electron chi connectivity index (χ2n) is 12.0. The van der Waals surface area contributed by atoms with Gasteiger partial charge in [-0.15, -0.1) is 0 Å². The van der Waals surface area contributed by atoms with Gasteiger partial charge in [-0.3, -0.25) is 4.90 Å². The number of benzene rings is 1. The average Bonchev–Trinajstić information content (AvgIpc) is 3.68. The maximum atomic E-state index is 13.3. The van der Waals surface area contributed by atoms with Crippen molar-refractivity contribution in [1.82, 2.24) is 29.5 Å². The van der Waals surface area contributed by atoms with Crippen molar-refractivity contribution in [3.8, 4) is 5.75 Å². The zero-order chi connectivity index (χ0) is 31.7. The highest BCUT2D eigenvalue weighted by Gasteiger charge is 2.31. The molecule has 3 aromatic heterocycles. The number of nitrogens with one attached hydrogen (secondary N) is 2. The Morgan fingerprint density at radius 1 is 1.07 bits per heavy atom. The van der Waals surface area contributed by atoms with Crippen molar-refractivity contribution in [1.29, 1.82) is 0 Å². The Morgan fingerprint density at radius 3 is 2.60 bits per heavy atom. The van der Waals surface area contributed by atoms with Gasteiger partial charge in [0.25, 0.3) is 0 Å². The number of pyridine rings is 1. The van der Waals surface area contributed by atoms with E-state index in [0.717, 1.165) is 69.0 Å². The lowest BCUT2D eigenvalue weighted by Gasteiger charge is -2.38. The number of hydrogen-bond acceptors (Lipinski definition) is 11. The van der Waals surface area contributed by atoms with E-state index >= 15 is 0 Å². The highest BCUT2D eigenvalue weighted by Crippen LogP contribution is 2.40. The molecule has 4 aromatic rings. The molecule has 0 unspecified atom stereocenters. The van der Waals surface area contributed by atoms with Gasteiger partial charge in [-0.25, -0.2) is 14.5 Å². The quantitative estimate of drug-likeness (QED) is 0.207. The summed E-state index contributed by atoms with van der Waals surface area (Å²) in [7, 11) is -1.06. The number of hydrogen-bond donors (Lipinski definition) is 2. The number of nitrogens with zero attached hydrogens (tertiary/aromatic N) is 7. The minimum absolute atomic E-state index is 0.383. The van der Waals surface area contributed by atoms with Gasteiger partial charge in [-0.05, 0) is 86.1 Å². The van der Waals surface area contributed by atoms with Gasteiger partial charge in [0, 0.05) is 56.8 Å². The van der Waals surface area contributed by atoms with Crippen molar-refractivity contribution >= 4 is 63.0 Å². The second kappa shape index (κ2) is 13.2. The molecule has 0 saturated carbocycles. The monoisotopic (exact) mass is 697 g/mol. The molecule has 240 valence electrons. The Hall–Kier alpha value is -3.25. The average molecular weight is 699 g/mol. The molecule has 5 heterocycles. The van der Waals surface area contributed by atoms with E-state index in [9.17, 15) is 4.57 Å². The lowest BCUT2D eigenvalue weighted by Crippen LogP contribution is -2.44. The molecular weight excluding hydrogens is 657 g/mol. The fourth-order valence-electron chi connectivity index (χ4n) is 6.47. The molecule has 2 N–H and O–H groups in total. The molecule has 2 aliphatic heterocycles. The van der Waals surface area contributed by atoms with E-state index in [0.29, 0.717) is 45.2 Å². The molecule has 14 heteroatoms. The van der Waals surface area contributed by atoms with Crippen molar-refractivity contribution in [2.75, 3.05) is 68.8 Å². The maximum Gasteiger partial charge on any atom is 0.229 e. The molecule has 6 rings (SSSR count). The highest BCUT2D eigenvalue weighted by atomic mass is 79.9. The van der Waals surface area contributed by atoms with Crippen LogP contribution in [0.4, 0.5) is 28.8 Å². The predicted octanol–water partition coefficient (Wildman–Crippen LogP) is 5.41.